The van der Waals surface area contributed by atoms with Crippen LogP contribution in [0, 0.1) is 10.8 Å². The number of rotatable bonds is 17. The van der Waals surface area contributed by atoms with Gasteiger partial charge in [-0.2, -0.15) is 0 Å². The molecule has 0 aromatic rings. The molecular weight excluding hydrogens is 330 g/mol. The number of hydrogen-bond acceptors (Lipinski definition) is 5. The summed E-state index contributed by atoms with van der Waals surface area (Å²) >= 11 is 0. The first-order valence-electron chi connectivity index (χ1n) is 9.87. The van der Waals surface area contributed by atoms with Crippen LogP contribution in [0.1, 0.15) is 44.9 Å². The van der Waals surface area contributed by atoms with E-state index in [9.17, 15) is 0 Å². The van der Waals surface area contributed by atoms with E-state index < -0.39 is 0 Å². The van der Waals surface area contributed by atoms with Gasteiger partial charge in [0.1, 0.15) is 0 Å². The van der Waals surface area contributed by atoms with Crippen LogP contribution in [0.15, 0.2) is 0 Å². The van der Waals surface area contributed by atoms with Crippen molar-refractivity contribution >= 4 is 11.9 Å². The van der Waals surface area contributed by atoms with E-state index in [1.807, 2.05) is 0 Å². The van der Waals surface area contributed by atoms with E-state index in [1.165, 1.54) is 32.1 Å². The molecule has 0 aromatic heterocycles. The first kappa shape index (κ1) is 24.4. The molecule has 26 heavy (non-hydrogen) atoms. The van der Waals surface area contributed by atoms with Crippen LogP contribution in [0.2, 0.25) is 0 Å². The third kappa shape index (κ3) is 18.8. The minimum absolute atomic E-state index is 0.288. The highest BCUT2D eigenvalue weighted by Crippen LogP contribution is 2.01. The monoisotopic (exact) mass is 371 g/mol. The zero-order valence-electron chi connectivity index (χ0n) is 16.7. The minimum Gasteiger partial charge on any atom is -0.360 e. The van der Waals surface area contributed by atoms with Crippen LogP contribution >= 0.6 is 0 Å². The third-order valence-electron chi connectivity index (χ3n) is 3.91. The summed E-state index contributed by atoms with van der Waals surface area (Å²) in [5.41, 5.74) is 5.76. The molecule has 0 amide bonds. The smallest absolute Gasteiger partial charge is 0.202 e. The molecule has 9 N–H and O–H groups in total. The lowest BCUT2D eigenvalue weighted by Crippen LogP contribution is -2.44. The molecule has 0 saturated carbocycles. The van der Waals surface area contributed by atoms with Crippen molar-refractivity contribution in [3.8, 4) is 0 Å². The maximum absolute atomic E-state index is 7.39. The fourth-order valence-electron chi connectivity index (χ4n) is 2.31. The van der Waals surface area contributed by atoms with Gasteiger partial charge in [0.05, 0.1) is 0 Å². The van der Waals surface area contributed by atoms with Gasteiger partial charge in [-0.3, -0.25) is 16.2 Å². The highest BCUT2D eigenvalue weighted by atomic mass is 15.4. The van der Waals surface area contributed by atoms with Crippen molar-refractivity contribution in [2.24, 2.45) is 0 Å². The van der Waals surface area contributed by atoms with Gasteiger partial charge in [0, 0.05) is 27.2 Å². The molecule has 154 valence electrons. The average molecular weight is 372 g/mol. The van der Waals surface area contributed by atoms with Crippen molar-refractivity contribution < 1.29 is 0 Å². The van der Waals surface area contributed by atoms with E-state index in [-0.39, 0.29) is 5.96 Å². The summed E-state index contributed by atoms with van der Waals surface area (Å²) in [4.78, 5) is 0. The zero-order chi connectivity index (χ0) is 19.3. The number of guanidine groups is 2. The quantitative estimate of drug-likeness (QED) is 0.0754. The van der Waals surface area contributed by atoms with E-state index in [4.69, 9.17) is 10.8 Å². The molecule has 0 spiro atoms. The Balaban J connectivity index is 3.05. The number of unbranched alkanes of at least 4 members (excludes halogenated alkanes) is 4. The maximum Gasteiger partial charge on any atom is 0.202 e. The van der Waals surface area contributed by atoms with Crippen LogP contribution in [-0.2, 0) is 0 Å². The number of hydrogen-bond donors (Lipinski definition) is 9. The van der Waals surface area contributed by atoms with Gasteiger partial charge in [-0.15, -0.1) is 0 Å². The summed E-state index contributed by atoms with van der Waals surface area (Å²) in [5.74, 6) is 0.676. The molecule has 0 aliphatic heterocycles. The van der Waals surface area contributed by atoms with Crippen molar-refractivity contribution in [2.45, 2.75) is 44.9 Å². The van der Waals surface area contributed by atoms with E-state index in [0.717, 1.165) is 52.1 Å². The highest BCUT2D eigenvalue weighted by molar-refractivity contribution is 5.76. The Bertz CT molecular complexity index is 304. The average Bonchev–Trinajstić information content (AvgIpc) is 2.66. The Morgan fingerprint density at radius 1 is 0.577 bits per heavy atom. The molecule has 0 rings (SSSR count). The standard InChI is InChI=1S/C17H41N9/c1-20-16(18)24-14-8-12-22-10-6-4-3-5-7-11-23-13-9-15-25-26-17(19)21-2/h22-23,25H,3-15H2,1-2H3,(H3,18,20,24)(H3,19,21,26). The first-order valence-corrected chi connectivity index (χ1v) is 9.87. The molecule has 0 bridgehead atoms. The fraction of sp³-hybridized carbons (Fsp3) is 0.882. The lowest BCUT2D eigenvalue weighted by molar-refractivity contribution is 0.536. The zero-order valence-corrected chi connectivity index (χ0v) is 16.7. The molecule has 0 saturated heterocycles. The highest BCUT2D eigenvalue weighted by Gasteiger charge is 1.94. The second-order valence-corrected chi connectivity index (χ2v) is 6.20. The van der Waals surface area contributed by atoms with Crippen molar-refractivity contribution in [2.75, 3.05) is 53.4 Å². The van der Waals surface area contributed by atoms with Gasteiger partial charge in [0.25, 0.3) is 0 Å². The van der Waals surface area contributed by atoms with E-state index in [0.29, 0.717) is 5.96 Å². The normalized spacial score (nSPS) is 10.4. The molecule has 0 radical (unpaired) electrons. The second kappa shape index (κ2) is 19.7. The van der Waals surface area contributed by atoms with Gasteiger partial charge in [-0.25, -0.2) is 5.43 Å². The van der Waals surface area contributed by atoms with Crippen molar-refractivity contribution in [3.63, 3.8) is 0 Å². The maximum atomic E-state index is 7.39. The lowest BCUT2D eigenvalue weighted by atomic mass is 10.1. The summed E-state index contributed by atoms with van der Waals surface area (Å²) in [6.45, 7) is 5.88. The largest absolute Gasteiger partial charge is 0.360 e. The molecule has 0 aliphatic rings. The van der Waals surface area contributed by atoms with E-state index in [2.05, 4.69) is 37.4 Å². The minimum atomic E-state index is 0.288. The van der Waals surface area contributed by atoms with Gasteiger partial charge < -0.3 is 26.6 Å². The topological polar surface area (TPSA) is 132 Å². The van der Waals surface area contributed by atoms with Gasteiger partial charge in [-0.05, 0) is 51.9 Å². The summed E-state index contributed by atoms with van der Waals surface area (Å²) < 4.78 is 0. The number of hydrazine groups is 1. The van der Waals surface area contributed by atoms with E-state index in [1.54, 1.807) is 14.1 Å². The van der Waals surface area contributed by atoms with Crippen LogP contribution in [0.3, 0.4) is 0 Å². The Kier molecular flexibility index (Phi) is 18.5. The first-order chi connectivity index (χ1) is 12.7. The van der Waals surface area contributed by atoms with Crippen LogP contribution < -0.4 is 37.4 Å². The summed E-state index contributed by atoms with van der Waals surface area (Å²) in [6.07, 6.45) is 8.47. The van der Waals surface area contributed by atoms with Gasteiger partial charge in [0.15, 0.2) is 5.96 Å². The predicted octanol–water partition coefficient (Wildman–Crippen LogP) is -0.112. The molecular formula is C17H41N9. The third-order valence-corrected chi connectivity index (χ3v) is 3.91. The van der Waals surface area contributed by atoms with E-state index >= 15 is 0 Å². The SMILES string of the molecule is CNC(=N)NCCCNCCCCCCCNCCCNNC(=N)NC. The molecule has 0 unspecified atom stereocenters. The fourth-order valence-corrected chi connectivity index (χ4v) is 2.31. The van der Waals surface area contributed by atoms with Crippen molar-refractivity contribution in [3.05, 3.63) is 0 Å². The summed E-state index contributed by atoms with van der Waals surface area (Å²) in [7, 11) is 3.47. The van der Waals surface area contributed by atoms with Gasteiger partial charge in [0.2, 0.25) is 5.96 Å². The Hall–Kier alpha value is -1.58. The van der Waals surface area contributed by atoms with Gasteiger partial charge in [-0.1, -0.05) is 19.3 Å². The summed E-state index contributed by atoms with van der Waals surface area (Å²) in [5, 5.41) is 30.1. The predicted molar refractivity (Wildman–Crippen MR) is 111 cm³/mol. The molecule has 9 heteroatoms. The van der Waals surface area contributed by atoms with Crippen LogP contribution in [0.25, 0.3) is 0 Å². The molecule has 0 aliphatic carbocycles. The summed E-state index contributed by atoms with van der Waals surface area (Å²) in [6, 6.07) is 0. The molecule has 0 aromatic carbocycles. The van der Waals surface area contributed by atoms with Crippen LogP contribution in [0.5, 0.6) is 0 Å². The molecule has 0 atom stereocenters. The molecule has 0 fully saturated rings. The van der Waals surface area contributed by atoms with Crippen molar-refractivity contribution in [1.29, 1.82) is 10.8 Å². The Morgan fingerprint density at radius 3 is 1.65 bits per heavy atom. The van der Waals surface area contributed by atoms with Crippen molar-refractivity contribution in [1.82, 2.24) is 37.4 Å². The number of nitrogens with one attached hydrogen (secondary N) is 9. The van der Waals surface area contributed by atoms with Gasteiger partial charge >= 0.3 is 0 Å². The Labute approximate surface area is 159 Å². The lowest BCUT2D eigenvalue weighted by Gasteiger charge is -2.09. The Morgan fingerprint density at radius 2 is 1.08 bits per heavy atom. The molecule has 9 nitrogen and oxygen atoms in total. The molecule has 0 heterocycles. The van der Waals surface area contributed by atoms with Crippen LogP contribution in [-0.4, -0.2) is 65.3 Å². The van der Waals surface area contributed by atoms with Crippen LogP contribution in [0.4, 0.5) is 0 Å². The second-order valence-electron chi connectivity index (χ2n) is 6.20.